The van der Waals surface area contributed by atoms with Crippen LogP contribution >= 0.6 is 0 Å². The molecule has 2 atom stereocenters. The molecule has 106 valence electrons. The summed E-state index contributed by atoms with van der Waals surface area (Å²) >= 11 is 0. The van der Waals surface area contributed by atoms with Crippen molar-refractivity contribution in [3.8, 4) is 0 Å². The van der Waals surface area contributed by atoms with Gasteiger partial charge in [-0.05, 0) is 37.1 Å². The lowest BCUT2D eigenvalue weighted by molar-refractivity contribution is -0.0178. The van der Waals surface area contributed by atoms with Crippen molar-refractivity contribution in [1.82, 2.24) is 4.90 Å². The highest BCUT2D eigenvalue weighted by molar-refractivity contribution is 5.65. The number of likely N-dealkylation sites (tertiary alicyclic amines) is 1. The molecule has 5 heteroatoms. The predicted octanol–water partition coefficient (Wildman–Crippen LogP) is 2.48. The van der Waals surface area contributed by atoms with E-state index in [0.29, 0.717) is 32.4 Å². The van der Waals surface area contributed by atoms with Crippen LogP contribution in [0.4, 0.5) is 9.18 Å². The number of alkyl halides is 1. The number of nitrogens with two attached hydrogens (primary N) is 1. The standard InChI is InChI=1S/C13H25FN2O2/c1-12(2,3)10-7-13(14,5-4-6-15)9-16(8-10)11(17)18/h10H,4-9,15H2,1-3H3,(H,17,18). The van der Waals surface area contributed by atoms with Gasteiger partial charge in [-0.25, -0.2) is 9.18 Å². The van der Waals surface area contributed by atoms with Gasteiger partial charge in [-0.1, -0.05) is 20.8 Å². The Morgan fingerprint density at radius 1 is 1.56 bits per heavy atom. The Kier molecular flexibility index (Phi) is 4.59. The van der Waals surface area contributed by atoms with Crippen LogP contribution in [0.5, 0.6) is 0 Å². The Morgan fingerprint density at radius 2 is 2.17 bits per heavy atom. The number of halogens is 1. The monoisotopic (exact) mass is 260 g/mol. The zero-order valence-electron chi connectivity index (χ0n) is 11.6. The summed E-state index contributed by atoms with van der Waals surface area (Å²) < 4.78 is 14.8. The summed E-state index contributed by atoms with van der Waals surface area (Å²) in [5, 5.41) is 9.11. The van der Waals surface area contributed by atoms with Crippen molar-refractivity contribution in [2.24, 2.45) is 17.1 Å². The van der Waals surface area contributed by atoms with Gasteiger partial charge in [0, 0.05) is 6.54 Å². The van der Waals surface area contributed by atoms with Crippen LogP contribution < -0.4 is 5.73 Å². The second-order valence-corrected chi connectivity index (χ2v) is 6.47. The van der Waals surface area contributed by atoms with Gasteiger partial charge >= 0.3 is 6.09 Å². The fourth-order valence-corrected chi connectivity index (χ4v) is 2.57. The second-order valence-electron chi connectivity index (χ2n) is 6.47. The Bertz CT molecular complexity index is 304. The third kappa shape index (κ3) is 3.83. The van der Waals surface area contributed by atoms with E-state index in [-0.39, 0.29) is 17.9 Å². The fraction of sp³-hybridized carbons (Fsp3) is 0.923. The van der Waals surface area contributed by atoms with E-state index in [2.05, 4.69) is 0 Å². The maximum Gasteiger partial charge on any atom is 0.407 e. The normalized spacial score (nSPS) is 29.4. The number of piperidine rings is 1. The van der Waals surface area contributed by atoms with Gasteiger partial charge in [0.05, 0.1) is 6.54 Å². The van der Waals surface area contributed by atoms with Crippen LogP contribution in [0.2, 0.25) is 0 Å². The molecule has 0 spiro atoms. The predicted molar refractivity (Wildman–Crippen MR) is 69.3 cm³/mol. The first-order valence-electron chi connectivity index (χ1n) is 6.55. The minimum Gasteiger partial charge on any atom is -0.465 e. The number of nitrogens with zero attached hydrogens (tertiary/aromatic N) is 1. The van der Waals surface area contributed by atoms with E-state index < -0.39 is 11.8 Å². The molecule has 18 heavy (non-hydrogen) atoms. The lowest BCUT2D eigenvalue weighted by Crippen LogP contribution is -2.53. The topological polar surface area (TPSA) is 66.6 Å². The summed E-state index contributed by atoms with van der Waals surface area (Å²) in [6, 6.07) is 0. The number of hydrogen-bond donors (Lipinski definition) is 2. The molecular formula is C13H25FN2O2. The van der Waals surface area contributed by atoms with Crippen molar-refractivity contribution in [3.63, 3.8) is 0 Å². The summed E-state index contributed by atoms with van der Waals surface area (Å²) in [5.41, 5.74) is 3.91. The molecule has 0 aliphatic carbocycles. The molecule has 4 nitrogen and oxygen atoms in total. The smallest absolute Gasteiger partial charge is 0.407 e. The van der Waals surface area contributed by atoms with Gasteiger partial charge in [-0.15, -0.1) is 0 Å². The number of amides is 1. The average Bonchev–Trinajstić information content (AvgIpc) is 2.24. The minimum absolute atomic E-state index is 0.0189. The lowest BCUT2D eigenvalue weighted by atomic mass is 9.71. The van der Waals surface area contributed by atoms with E-state index >= 15 is 0 Å². The largest absolute Gasteiger partial charge is 0.465 e. The molecule has 1 amide bonds. The molecule has 1 fully saturated rings. The molecule has 0 aromatic heterocycles. The van der Waals surface area contributed by atoms with Crippen molar-refractivity contribution in [1.29, 1.82) is 0 Å². The molecule has 0 saturated carbocycles. The van der Waals surface area contributed by atoms with Gasteiger partial charge in [0.25, 0.3) is 0 Å². The first-order chi connectivity index (χ1) is 8.18. The number of hydrogen-bond acceptors (Lipinski definition) is 2. The zero-order valence-corrected chi connectivity index (χ0v) is 11.6. The van der Waals surface area contributed by atoms with Gasteiger partial charge in [-0.2, -0.15) is 0 Å². The van der Waals surface area contributed by atoms with Crippen LogP contribution in [0, 0.1) is 11.3 Å². The highest BCUT2D eigenvalue weighted by Crippen LogP contribution is 2.40. The maximum absolute atomic E-state index is 14.8. The van der Waals surface area contributed by atoms with E-state index in [1.165, 1.54) is 4.90 Å². The van der Waals surface area contributed by atoms with E-state index in [1.807, 2.05) is 20.8 Å². The maximum atomic E-state index is 14.8. The summed E-state index contributed by atoms with van der Waals surface area (Å²) in [6.07, 6.45) is 0.347. The van der Waals surface area contributed by atoms with Gasteiger partial charge in [0.2, 0.25) is 0 Å². The first kappa shape index (κ1) is 15.2. The van der Waals surface area contributed by atoms with Gasteiger partial charge in [-0.3, -0.25) is 0 Å². The summed E-state index contributed by atoms with van der Waals surface area (Å²) in [4.78, 5) is 12.3. The van der Waals surface area contributed by atoms with Crippen LogP contribution in [0.25, 0.3) is 0 Å². The van der Waals surface area contributed by atoms with Crippen LogP contribution in [0.3, 0.4) is 0 Å². The van der Waals surface area contributed by atoms with Crippen LogP contribution in [0.1, 0.15) is 40.0 Å². The lowest BCUT2D eigenvalue weighted by Gasteiger charge is -2.45. The second kappa shape index (κ2) is 5.43. The third-order valence-electron chi connectivity index (χ3n) is 3.85. The van der Waals surface area contributed by atoms with Crippen LogP contribution in [-0.4, -0.2) is 41.4 Å². The number of carbonyl (C=O) groups is 1. The van der Waals surface area contributed by atoms with Crippen LogP contribution in [-0.2, 0) is 0 Å². The molecule has 0 aromatic rings. The molecule has 2 unspecified atom stereocenters. The molecular weight excluding hydrogens is 235 g/mol. The third-order valence-corrected chi connectivity index (χ3v) is 3.85. The summed E-state index contributed by atoms with van der Waals surface area (Å²) in [5.74, 6) is 0.0464. The van der Waals surface area contributed by atoms with Crippen LogP contribution in [0.15, 0.2) is 0 Å². The Balaban J connectivity index is 2.83. The molecule has 1 saturated heterocycles. The quantitative estimate of drug-likeness (QED) is 0.819. The highest BCUT2D eigenvalue weighted by atomic mass is 19.1. The molecule has 0 radical (unpaired) electrons. The van der Waals surface area contributed by atoms with Crippen molar-refractivity contribution in [2.75, 3.05) is 19.6 Å². The van der Waals surface area contributed by atoms with Crippen molar-refractivity contribution in [2.45, 2.75) is 45.7 Å². The molecule has 1 aliphatic rings. The van der Waals surface area contributed by atoms with Gasteiger partial charge in [0.15, 0.2) is 0 Å². The molecule has 1 heterocycles. The van der Waals surface area contributed by atoms with E-state index in [0.717, 1.165) is 0 Å². The number of rotatable bonds is 3. The molecule has 1 rings (SSSR count). The van der Waals surface area contributed by atoms with E-state index in [4.69, 9.17) is 10.8 Å². The molecule has 1 aliphatic heterocycles. The molecule has 3 N–H and O–H groups in total. The minimum atomic E-state index is -1.42. The highest BCUT2D eigenvalue weighted by Gasteiger charge is 2.44. The zero-order chi connectivity index (χ0) is 14.0. The summed E-state index contributed by atoms with van der Waals surface area (Å²) in [7, 11) is 0. The van der Waals surface area contributed by atoms with Gasteiger partial charge in [0.1, 0.15) is 5.67 Å². The SMILES string of the molecule is CC(C)(C)C1CN(C(=O)O)CC(F)(CCCN)C1. The van der Waals surface area contributed by atoms with E-state index in [1.54, 1.807) is 0 Å². The number of carboxylic acid groups (broad SMARTS) is 1. The molecule has 0 bridgehead atoms. The first-order valence-corrected chi connectivity index (χ1v) is 6.55. The fourth-order valence-electron chi connectivity index (χ4n) is 2.57. The summed E-state index contributed by atoms with van der Waals surface area (Å²) in [6.45, 7) is 6.95. The van der Waals surface area contributed by atoms with Crippen molar-refractivity contribution in [3.05, 3.63) is 0 Å². The van der Waals surface area contributed by atoms with Gasteiger partial charge < -0.3 is 15.7 Å². The Morgan fingerprint density at radius 3 is 2.61 bits per heavy atom. The Labute approximate surface area is 108 Å². The van der Waals surface area contributed by atoms with E-state index in [9.17, 15) is 9.18 Å². The molecule has 0 aromatic carbocycles. The average molecular weight is 260 g/mol. The van der Waals surface area contributed by atoms with Crippen molar-refractivity contribution < 1.29 is 14.3 Å². The van der Waals surface area contributed by atoms with Crippen molar-refractivity contribution >= 4 is 6.09 Å². The Hall–Kier alpha value is -0.840.